The number of nitriles is 1. The van der Waals surface area contributed by atoms with Gasteiger partial charge in [0.05, 0.1) is 12.5 Å². The van der Waals surface area contributed by atoms with E-state index in [-0.39, 0.29) is 22.7 Å². The molecule has 0 spiro atoms. The molecule has 1 heterocycles. The molecule has 0 radical (unpaired) electrons. The van der Waals surface area contributed by atoms with Crippen molar-refractivity contribution in [2.24, 2.45) is 11.1 Å². The standard InChI is InChI=1S/C28H30N2O5/c1-4-32-23-14-18(10-11-22(23)34-13-12-33-19-8-6-5-7-9-19)25-20(17-29)27(30)35-24-16-28(2,3)15-21(31)26(24)25/h5-11,14,25H,4,12-13,15-16,30H2,1-3H3. The van der Waals surface area contributed by atoms with Gasteiger partial charge in [0.2, 0.25) is 5.88 Å². The van der Waals surface area contributed by atoms with Crippen LogP contribution in [-0.4, -0.2) is 25.6 Å². The van der Waals surface area contributed by atoms with Crippen LogP contribution in [0.2, 0.25) is 0 Å². The Morgan fingerprint density at radius 2 is 1.80 bits per heavy atom. The van der Waals surface area contributed by atoms with Gasteiger partial charge < -0.3 is 24.7 Å². The smallest absolute Gasteiger partial charge is 0.205 e. The third kappa shape index (κ3) is 5.27. The second kappa shape index (κ2) is 10.1. The number of ether oxygens (including phenoxy) is 4. The number of carbonyl (C=O) groups is 1. The third-order valence-corrected chi connectivity index (χ3v) is 6.03. The van der Waals surface area contributed by atoms with Crippen molar-refractivity contribution < 1.29 is 23.7 Å². The van der Waals surface area contributed by atoms with Crippen molar-refractivity contribution in [2.45, 2.75) is 39.5 Å². The molecule has 1 aliphatic heterocycles. The summed E-state index contributed by atoms with van der Waals surface area (Å²) in [7, 11) is 0. The van der Waals surface area contributed by atoms with Crippen molar-refractivity contribution in [2.75, 3.05) is 19.8 Å². The molecule has 0 saturated heterocycles. The number of allylic oxidation sites excluding steroid dienone is 3. The molecule has 2 aliphatic rings. The molecule has 2 aromatic carbocycles. The summed E-state index contributed by atoms with van der Waals surface area (Å²) in [5.41, 5.74) is 7.35. The van der Waals surface area contributed by atoms with Crippen LogP contribution in [0.15, 0.2) is 71.3 Å². The quantitative estimate of drug-likeness (QED) is 0.537. The van der Waals surface area contributed by atoms with Gasteiger partial charge in [-0.05, 0) is 42.2 Å². The van der Waals surface area contributed by atoms with E-state index in [2.05, 4.69) is 6.07 Å². The van der Waals surface area contributed by atoms with Crippen LogP contribution in [0, 0.1) is 16.7 Å². The normalized spacial score (nSPS) is 18.9. The Morgan fingerprint density at radius 3 is 2.51 bits per heavy atom. The SMILES string of the molecule is CCOc1cc(C2C(C#N)=C(N)OC3=C2C(=O)CC(C)(C)C3)ccc1OCCOc1ccccc1. The Hall–Kier alpha value is -3.92. The molecule has 2 N–H and O–H groups in total. The van der Waals surface area contributed by atoms with Crippen molar-refractivity contribution in [3.8, 4) is 23.3 Å². The maximum Gasteiger partial charge on any atom is 0.205 e. The number of benzene rings is 2. The maximum absolute atomic E-state index is 13.2. The van der Waals surface area contributed by atoms with Gasteiger partial charge >= 0.3 is 0 Å². The Balaban J connectivity index is 1.60. The highest BCUT2D eigenvalue weighted by molar-refractivity contribution is 6.00. The first-order chi connectivity index (χ1) is 16.8. The Kier molecular flexibility index (Phi) is 7.02. The predicted molar refractivity (Wildman–Crippen MR) is 131 cm³/mol. The van der Waals surface area contributed by atoms with Crippen molar-refractivity contribution in [3.05, 3.63) is 76.9 Å². The highest BCUT2D eigenvalue weighted by Crippen LogP contribution is 2.48. The molecule has 0 saturated carbocycles. The van der Waals surface area contributed by atoms with Crippen LogP contribution in [0.5, 0.6) is 17.2 Å². The fourth-order valence-corrected chi connectivity index (χ4v) is 4.54. The second-order valence-corrected chi connectivity index (χ2v) is 9.35. The summed E-state index contributed by atoms with van der Waals surface area (Å²) < 4.78 is 23.2. The van der Waals surface area contributed by atoms with Crippen molar-refractivity contribution in [3.63, 3.8) is 0 Å². The van der Waals surface area contributed by atoms with E-state index >= 15 is 0 Å². The van der Waals surface area contributed by atoms with E-state index in [1.807, 2.05) is 63.2 Å². The minimum absolute atomic E-state index is 0.0298. The highest BCUT2D eigenvalue weighted by atomic mass is 16.5. The predicted octanol–water partition coefficient (Wildman–Crippen LogP) is 4.99. The lowest BCUT2D eigenvalue weighted by molar-refractivity contribution is -0.119. The van der Waals surface area contributed by atoms with Crippen molar-refractivity contribution in [1.29, 1.82) is 5.26 Å². The second-order valence-electron chi connectivity index (χ2n) is 9.35. The van der Waals surface area contributed by atoms with E-state index in [9.17, 15) is 10.1 Å². The number of rotatable bonds is 8. The summed E-state index contributed by atoms with van der Waals surface area (Å²) in [6.07, 6.45) is 0.955. The van der Waals surface area contributed by atoms with Crippen LogP contribution in [0.4, 0.5) is 0 Å². The van der Waals surface area contributed by atoms with Gasteiger partial charge in [-0.1, -0.05) is 38.1 Å². The zero-order valence-electron chi connectivity index (χ0n) is 20.3. The number of nitrogens with two attached hydrogens (primary N) is 1. The summed E-state index contributed by atoms with van der Waals surface area (Å²) in [4.78, 5) is 13.2. The molecule has 0 bridgehead atoms. The Bertz CT molecular complexity index is 1210. The molecule has 4 rings (SSSR count). The van der Waals surface area contributed by atoms with Crippen LogP contribution in [0.3, 0.4) is 0 Å². The average molecular weight is 475 g/mol. The molecule has 0 aromatic heterocycles. The van der Waals surface area contributed by atoms with Gasteiger partial charge in [0.1, 0.15) is 36.4 Å². The molecule has 182 valence electrons. The summed E-state index contributed by atoms with van der Waals surface area (Å²) in [5.74, 6) is 1.80. The third-order valence-electron chi connectivity index (χ3n) is 6.03. The van der Waals surface area contributed by atoms with E-state index in [0.717, 1.165) is 11.3 Å². The summed E-state index contributed by atoms with van der Waals surface area (Å²) in [6, 6.07) is 17.1. The molecule has 35 heavy (non-hydrogen) atoms. The van der Waals surface area contributed by atoms with Gasteiger partial charge in [-0.2, -0.15) is 5.26 Å². The lowest BCUT2D eigenvalue weighted by atomic mass is 9.70. The molecule has 1 atom stereocenters. The topological polar surface area (TPSA) is 104 Å². The van der Waals surface area contributed by atoms with E-state index in [0.29, 0.717) is 55.5 Å². The fourth-order valence-electron chi connectivity index (χ4n) is 4.54. The molecule has 2 aromatic rings. The minimum atomic E-state index is -0.609. The Morgan fingerprint density at radius 1 is 1.06 bits per heavy atom. The van der Waals surface area contributed by atoms with E-state index in [4.69, 9.17) is 24.7 Å². The number of ketones is 1. The summed E-state index contributed by atoms with van der Waals surface area (Å²) >= 11 is 0. The van der Waals surface area contributed by atoms with Crippen LogP contribution in [-0.2, 0) is 9.53 Å². The number of para-hydroxylation sites is 1. The van der Waals surface area contributed by atoms with Gasteiger partial charge in [0.25, 0.3) is 0 Å². The molecule has 1 aliphatic carbocycles. The average Bonchev–Trinajstić information content (AvgIpc) is 2.81. The van der Waals surface area contributed by atoms with Crippen molar-refractivity contribution in [1.82, 2.24) is 0 Å². The number of carbonyl (C=O) groups excluding carboxylic acids is 1. The van der Waals surface area contributed by atoms with Crippen LogP contribution >= 0.6 is 0 Å². The van der Waals surface area contributed by atoms with Crippen LogP contribution in [0.1, 0.15) is 45.1 Å². The lowest BCUT2D eigenvalue weighted by Crippen LogP contribution is -2.33. The number of hydrogen-bond acceptors (Lipinski definition) is 7. The largest absolute Gasteiger partial charge is 0.490 e. The summed E-state index contributed by atoms with van der Waals surface area (Å²) in [6.45, 7) is 7.05. The molecule has 0 fully saturated rings. The van der Waals surface area contributed by atoms with Gasteiger partial charge in [-0.3, -0.25) is 4.79 Å². The van der Waals surface area contributed by atoms with Crippen molar-refractivity contribution >= 4 is 5.78 Å². The molecular formula is C28H30N2O5. The zero-order valence-corrected chi connectivity index (χ0v) is 20.3. The first-order valence-electron chi connectivity index (χ1n) is 11.7. The lowest BCUT2D eigenvalue weighted by Gasteiger charge is -2.37. The van der Waals surface area contributed by atoms with Gasteiger partial charge in [0.15, 0.2) is 17.3 Å². The monoisotopic (exact) mass is 474 g/mol. The van der Waals surface area contributed by atoms with E-state index in [1.54, 1.807) is 6.07 Å². The first kappa shape index (κ1) is 24.2. The summed E-state index contributed by atoms with van der Waals surface area (Å²) in [5, 5.41) is 9.87. The fraction of sp³-hybridized carbons (Fsp3) is 0.357. The highest BCUT2D eigenvalue weighted by Gasteiger charge is 2.43. The van der Waals surface area contributed by atoms with Crippen LogP contribution in [0.25, 0.3) is 0 Å². The first-order valence-corrected chi connectivity index (χ1v) is 11.7. The minimum Gasteiger partial charge on any atom is -0.490 e. The zero-order chi connectivity index (χ0) is 25.0. The Labute approximate surface area is 205 Å². The molecule has 7 nitrogen and oxygen atoms in total. The van der Waals surface area contributed by atoms with E-state index < -0.39 is 5.92 Å². The maximum atomic E-state index is 13.2. The molecule has 7 heteroatoms. The van der Waals surface area contributed by atoms with Gasteiger partial charge in [0, 0.05) is 18.4 Å². The van der Waals surface area contributed by atoms with Crippen LogP contribution < -0.4 is 19.9 Å². The van der Waals surface area contributed by atoms with E-state index in [1.165, 1.54) is 0 Å². The number of nitrogens with zero attached hydrogens (tertiary/aromatic N) is 1. The number of hydrogen-bond donors (Lipinski definition) is 1. The molecule has 1 unspecified atom stereocenters. The van der Waals surface area contributed by atoms with Gasteiger partial charge in [-0.15, -0.1) is 0 Å². The molecule has 0 amide bonds. The molecular weight excluding hydrogens is 444 g/mol. The van der Waals surface area contributed by atoms with Gasteiger partial charge in [-0.25, -0.2) is 0 Å². The number of Topliss-reactive ketones (excluding diaryl/α,β-unsaturated/α-hetero) is 1.